The number of hydrogen-bond acceptors (Lipinski definition) is 3. The Morgan fingerprint density at radius 2 is 1.95 bits per heavy atom. The summed E-state index contributed by atoms with van der Waals surface area (Å²) in [5.41, 5.74) is -0.170. The van der Waals surface area contributed by atoms with Crippen LogP contribution >= 0.6 is 0 Å². The molecule has 0 spiro atoms. The van der Waals surface area contributed by atoms with E-state index in [1.165, 1.54) is 25.8 Å². The van der Waals surface area contributed by atoms with Crippen molar-refractivity contribution in [2.75, 3.05) is 13.6 Å². The molecule has 2 amide bonds. The Balaban J connectivity index is 2.46. The van der Waals surface area contributed by atoms with Gasteiger partial charge in [0.1, 0.15) is 5.54 Å². The van der Waals surface area contributed by atoms with Gasteiger partial charge in [0.2, 0.25) is 0 Å². The lowest BCUT2D eigenvalue weighted by Gasteiger charge is -2.31. The Morgan fingerprint density at radius 1 is 1.37 bits per heavy atom. The molecular formula is C13H19N3O3. The van der Waals surface area contributed by atoms with Crippen LogP contribution in [0.25, 0.3) is 0 Å². The number of carbonyl (C=O) groups excluding carboxylic acids is 1. The van der Waals surface area contributed by atoms with Gasteiger partial charge in [-0.05, 0) is 38.0 Å². The third-order valence-electron chi connectivity index (χ3n) is 3.11. The standard InChI is InChI=1S/C13H19N3O3/c1-13(2,11(17)18)16(3)12(19)15-9-6-10-4-7-14-8-5-10/h4-5,7-8H,6,9H2,1-3H3,(H,15,19)(H,17,18). The van der Waals surface area contributed by atoms with E-state index >= 15 is 0 Å². The van der Waals surface area contributed by atoms with Crippen molar-refractivity contribution in [2.24, 2.45) is 0 Å². The average Bonchev–Trinajstić information content (AvgIpc) is 2.38. The fraction of sp³-hybridized carbons (Fsp3) is 0.462. The summed E-state index contributed by atoms with van der Waals surface area (Å²) >= 11 is 0. The van der Waals surface area contributed by atoms with Crippen LogP contribution in [-0.4, -0.2) is 46.1 Å². The van der Waals surface area contributed by atoms with Gasteiger partial charge in [0.15, 0.2) is 0 Å². The lowest BCUT2D eigenvalue weighted by molar-refractivity contribution is -0.146. The first-order chi connectivity index (χ1) is 8.85. The second kappa shape index (κ2) is 6.17. The number of nitrogens with one attached hydrogen (secondary N) is 1. The SMILES string of the molecule is CN(C(=O)NCCc1ccncc1)C(C)(C)C(=O)O. The van der Waals surface area contributed by atoms with E-state index < -0.39 is 17.5 Å². The van der Waals surface area contributed by atoms with Crippen molar-refractivity contribution in [1.82, 2.24) is 15.2 Å². The molecule has 0 saturated carbocycles. The van der Waals surface area contributed by atoms with Gasteiger partial charge in [-0.2, -0.15) is 0 Å². The molecule has 19 heavy (non-hydrogen) atoms. The molecule has 1 aromatic heterocycles. The minimum Gasteiger partial charge on any atom is -0.480 e. The molecule has 0 aromatic carbocycles. The highest BCUT2D eigenvalue weighted by molar-refractivity contribution is 5.85. The first kappa shape index (κ1) is 14.9. The van der Waals surface area contributed by atoms with E-state index in [1.807, 2.05) is 12.1 Å². The van der Waals surface area contributed by atoms with Crippen LogP contribution in [-0.2, 0) is 11.2 Å². The normalized spacial score (nSPS) is 10.9. The van der Waals surface area contributed by atoms with Crippen LogP contribution in [0.15, 0.2) is 24.5 Å². The van der Waals surface area contributed by atoms with Gasteiger partial charge in [0, 0.05) is 26.0 Å². The lowest BCUT2D eigenvalue weighted by Crippen LogP contribution is -2.54. The number of pyridine rings is 1. The van der Waals surface area contributed by atoms with E-state index in [-0.39, 0.29) is 0 Å². The molecule has 1 aromatic rings. The molecule has 0 aliphatic heterocycles. The average molecular weight is 265 g/mol. The van der Waals surface area contributed by atoms with Gasteiger partial charge < -0.3 is 15.3 Å². The van der Waals surface area contributed by atoms with Crippen LogP contribution in [0.4, 0.5) is 4.79 Å². The molecule has 6 heteroatoms. The van der Waals surface area contributed by atoms with Crippen LogP contribution in [0.5, 0.6) is 0 Å². The van der Waals surface area contributed by atoms with E-state index in [0.717, 1.165) is 5.56 Å². The molecule has 0 radical (unpaired) electrons. The van der Waals surface area contributed by atoms with Gasteiger partial charge in [-0.3, -0.25) is 4.98 Å². The molecule has 0 aliphatic rings. The number of rotatable bonds is 5. The number of aromatic nitrogens is 1. The molecule has 1 rings (SSSR count). The van der Waals surface area contributed by atoms with Crippen LogP contribution in [0, 0.1) is 0 Å². The van der Waals surface area contributed by atoms with E-state index in [2.05, 4.69) is 10.3 Å². The Bertz CT molecular complexity index is 446. The smallest absolute Gasteiger partial charge is 0.329 e. The number of hydrogen-bond donors (Lipinski definition) is 2. The van der Waals surface area contributed by atoms with Crippen molar-refractivity contribution in [2.45, 2.75) is 25.8 Å². The zero-order chi connectivity index (χ0) is 14.5. The Labute approximate surface area is 112 Å². The number of urea groups is 1. The van der Waals surface area contributed by atoms with Gasteiger partial charge in [0.25, 0.3) is 0 Å². The van der Waals surface area contributed by atoms with Crippen LogP contribution in [0.2, 0.25) is 0 Å². The third-order valence-corrected chi connectivity index (χ3v) is 3.11. The lowest BCUT2D eigenvalue weighted by atomic mass is 10.1. The summed E-state index contributed by atoms with van der Waals surface area (Å²) in [6.45, 7) is 3.42. The summed E-state index contributed by atoms with van der Waals surface area (Å²) in [6.07, 6.45) is 4.06. The summed E-state index contributed by atoms with van der Waals surface area (Å²) < 4.78 is 0. The molecule has 104 valence electrons. The summed E-state index contributed by atoms with van der Waals surface area (Å²) in [4.78, 5) is 27.9. The monoisotopic (exact) mass is 265 g/mol. The van der Waals surface area contributed by atoms with Crippen molar-refractivity contribution < 1.29 is 14.7 Å². The third kappa shape index (κ3) is 3.94. The second-order valence-electron chi connectivity index (χ2n) is 4.76. The second-order valence-corrected chi connectivity index (χ2v) is 4.76. The summed E-state index contributed by atoms with van der Waals surface area (Å²) in [5.74, 6) is -1.04. The van der Waals surface area contributed by atoms with Crippen molar-refractivity contribution in [3.63, 3.8) is 0 Å². The Kier molecular flexibility index (Phi) is 4.86. The number of amides is 2. The van der Waals surface area contributed by atoms with Crippen LogP contribution < -0.4 is 5.32 Å². The van der Waals surface area contributed by atoms with Crippen molar-refractivity contribution in [1.29, 1.82) is 0 Å². The molecule has 0 aliphatic carbocycles. The quantitative estimate of drug-likeness (QED) is 0.836. The van der Waals surface area contributed by atoms with Crippen molar-refractivity contribution >= 4 is 12.0 Å². The molecule has 0 bridgehead atoms. The highest BCUT2D eigenvalue weighted by Crippen LogP contribution is 2.12. The number of likely N-dealkylation sites (N-methyl/N-ethyl adjacent to an activating group) is 1. The maximum Gasteiger partial charge on any atom is 0.329 e. The number of aliphatic carboxylic acids is 1. The molecule has 0 saturated heterocycles. The van der Waals surface area contributed by atoms with Crippen molar-refractivity contribution in [3.8, 4) is 0 Å². The van der Waals surface area contributed by atoms with Crippen LogP contribution in [0.1, 0.15) is 19.4 Å². The molecule has 0 atom stereocenters. The molecule has 0 fully saturated rings. The fourth-order valence-corrected chi connectivity index (χ4v) is 1.38. The predicted octanol–water partition coefficient (Wildman–Crippen LogP) is 1.13. The van der Waals surface area contributed by atoms with E-state index in [0.29, 0.717) is 13.0 Å². The predicted molar refractivity (Wildman–Crippen MR) is 70.8 cm³/mol. The zero-order valence-corrected chi connectivity index (χ0v) is 11.4. The van der Waals surface area contributed by atoms with E-state index in [9.17, 15) is 9.59 Å². The van der Waals surface area contributed by atoms with Gasteiger partial charge >= 0.3 is 12.0 Å². The van der Waals surface area contributed by atoms with Crippen LogP contribution in [0.3, 0.4) is 0 Å². The minimum absolute atomic E-state index is 0.401. The van der Waals surface area contributed by atoms with E-state index in [4.69, 9.17) is 5.11 Å². The zero-order valence-electron chi connectivity index (χ0n) is 11.4. The topological polar surface area (TPSA) is 82.5 Å². The summed E-state index contributed by atoms with van der Waals surface area (Å²) in [7, 11) is 1.47. The highest BCUT2D eigenvalue weighted by atomic mass is 16.4. The van der Waals surface area contributed by atoms with Gasteiger partial charge in [0.05, 0.1) is 0 Å². The maximum absolute atomic E-state index is 11.8. The first-order valence-electron chi connectivity index (χ1n) is 5.99. The molecule has 6 nitrogen and oxygen atoms in total. The Hall–Kier alpha value is -2.11. The molecule has 0 unspecified atom stereocenters. The summed E-state index contributed by atoms with van der Waals surface area (Å²) in [5, 5.41) is 11.7. The number of carboxylic acids is 1. The molecular weight excluding hydrogens is 246 g/mol. The van der Waals surface area contributed by atoms with E-state index in [1.54, 1.807) is 12.4 Å². The molecule has 1 heterocycles. The number of carboxylic acid groups (broad SMARTS) is 1. The van der Waals surface area contributed by atoms with Gasteiger partial charge in [-0.15, -0.1) is 0 Å². The first-order valence-corrected chi connectivity index (χ1v) is 5.99. The van der Waals surface area contributed by atoms with Crippen molar-refractivity contribution in [3.05, 3.63) is 30.1 Å². The van der Waals surface area contributed by atoms with Gasteiger partial charge in [-0.1, -0.05) is 0 Å². The highest BCUT2D eigenvalue weighted by Gasteiger charge is 2.34. The minimum atomic E-state index is -1.24. The number of nitrogens with zero attached hydrogens (tertiary/aromatic N) is 2. The van der Waals surface area contributed by atoms with Gasteiger partial charge in [-0.25, -0.2) is 9.59 Å². The summed E-state index contributed by atoms with van der Waals surface area (Å²) in [6, 6.07) is 3.34. The Morgan fingerprint density at radius 3 is 2.47 bits per heavy atom. The maximum atomic E-state index is 11.8. The molecule has 2 N–H and O–H groups in total. The largest absolute Gasteiger partial charge is 0.480 e. The number of carbonyl (C=O) groups is 2. The fourth-order valence-electron chi connectivity index (χ4n) is 1.38.